The van der Waals surface area contributed by atoms with Crippen LogP contribution in [-0.2, 0) is 11.2 Å². The van der Waals surface area contributed by atoms with E-state index in [1.807, 2.05) is 43.3 Å². The molecule has 7 nitrogen and oxygen atoms in total. The minimum atomic E-state index is -0.339. The van der Waals surface area contributed by atoms with E-state index in [1.54, 1.807) is 30.5 Å². The predicted molar refractivity (Wildman–Crippen MR) is 113 cm³/mol. The van der Waals surface area contributed by atoms with E-state index in [2.05, 4.69) is 26.6 Å². The van der Waals surface area contributed by atoms with Gasteiger partial charge in [0.05, 0.1) is 18.7 Å². The molecule has 3 aromatic rings. The zero-order valence-electron chi connectivity index (χ0n) is 16.1. The quantitative estimate of drug-likeness (QED) is 0.533. The van der Waals surface area contributed by atoms with Gasteiger partial charge in [-0.2, -0.15) is 0 Å². The first-order chi connectivity index (χ1) is 13.9. The van der Waals surface area contributed by atoms with E-state index in [4.69, 9.17) is 8.83 Å². The van der Waals surface area contributed by atoms with Crippen LogP contribution in [0.3, 0.4) is 0 Å². The number of amides is 2. The van der Waals surface area contributed by atoms with Crippen LogP contribution in [0.15, 0.2) is 68.3 Å². The number of furan rings is 2. The summed E-state index contributed by atoms with van der Waals surface area (Å²) in [6.07, 6.45) is 1.87. The molecule has 0 spiro atoms. The average molecular weight is 460 g/mol. The molecular weight excluding hydrogens is 438 g/mol. The van der Waals surface area contributed by atoms with Gasteiger partial charge in [0.2, 0.25) is 5.91 Å². The van der Waals surface area contributed by atoms with E-state index in [-0.39, 0.29) is 30.0 Å². The van der Waals surface area contributed by atoms with Gasteiger partial charge in [-0.15, -0.1) is 0 Å². The van der Waals surface area contributed by atoms with Crippen LogP contribution in [0.2, 0.25) is 0 Å². The van der Waals surface area contributed by atoms with Gasteiger partial charge in [0, 0.05) is 12.2 Å². The van der Waals surface area contributed by atoms with Gasteiger partial charge in [0.25, 0.3) is 5.91 Å². The third-order valence-corrected chi connectivity index (χ3v) is 4.79. The molecule has 0 aliphatic heterocycles. The summed E-state index contributed by atoms with van der Waals surface area (Å²) in [7, 11) is 3.88. The molecule has 29 heavy (non-hydrogen) atoms. The van der Waals surface area contributed by atoms with Crippen LogP contribution in [0.1, 0.15) is 27.9 Å². The van der Waals surface area contributed by atoms with E-state index in [9.17, 15) is 9.59 Å². The van der Waals surface area contributed by atoms with Crippen molar-refractivity contribution in [3.8, 4) is 0 Å². The van der Waals surface area contributed by atoms with Gasteiger partial charge in [-0.1, -0.05) is 12.1 Å². The predicted octanol–water partition coefficient (Wildman–Crippen LogP) is 3.85. The molecule has 2 amide bonds. The van der Waals surface area contributed by atoms with Gasteiger partial charge in [-0.3, -0.25) is 14.5 Å². The Morgan fingerprint density at radius 2 is 1.86 bits per heavy atom. The molecule has 0 radical (unpaired) electrons. The van der Waals surface area contributed by atoms with Gasteiger partial charge in [0.1, 0.15) is 5.76 Å². The third-order valence-electron chi connectivity index (χ3n) is 4.36. The molecule has 1 atom stereocenters. The molecule has 1 aromatic carbocycles. The summed E-state index contributed by atoms with van der Waals surface area (Å²) in [5.41, 5.74) is 1.47. The number of anilines is 1. The fourth-order valence-electron chi connectivity index (χ4n) is 2.81. The highest BCUT2D eigenvalue weighted by molar-refractivity contribution is 9.10. The van der Waals surface area contributed by atoms with Crippen LogP contribution in [0, 0.1) is 0 Å². The Balaban J connectivity index is 1.51. The van der Waals surface area contributed by atoms with Crippen molar-refractivity contribution in [3.05, 3.63) is 76.5 Å². The minimum absolute atomic E-state index is 0.0341. The molecular formula is C21H22BrN3O4. The highest BCUT2D eigenvalue weighted by Gasteiger charge is 2.18. The lowest BCUT2D eigenvalue weighted by molar-refractivity contribution is -0.120. The monoisotopic (exact) mass is 459 g/mol. The lowest BCUT2D eigenvalue weighted by atomic mass is 10.1. The highest BCUT2D eigenvalue weighted by Crippen LogP contribution is 2.18. The summed E-state index contributed by atoms with van der Waals surface area (Å²) < 4.78 is 11.2. The average Bonchev–Trinajstić information content (AvgIpc) is 3.35. The fraction of sp³-hybridized carbons (Fsp3) is 0.238. The van der Waals surface area contributed by atoms with Gasteiger partial charge in [0.15, 0.2) is 10.4 Å². The normalized spacial score (nSPS) is 12.0. The van der Waals surface area contributed by atoms with Crippen molar-refractivity contribution in [2.45, 2.75) is 12.5 Å². The zero-order valence-corrected chi connectivity index (χ0v) is 17.7. The minimum Gasteiger partial charge on any atom is -0.468 e. The Labute approximate surface area is 177 Å². The zero-order chi connectivity index (χ0) is 20.8. The maximum atomic E-state index is 12.3. The first-order valence-corrected chi connectivity index (χ1v) is 9.84. The molecule has 3 rings (SSSR count). The summed E-state index contributed by atoms with van der Waals surface area (Å²) in [6.45, 7) is 0.451. The first kappa shape index (κ1) is 20.9. The van der Waals surface area contributed by atoms with Gasteiger partial charge in [-0.05, 0) is 72.0 Å². The Bertz CT molecular complexity index is 949. The third kappa shape index (κ3) is 5.82. The second kappa shape index (κ2) is 9.58. The Hall–Kier alpha value is -2.84. The smallest absolute Gasteiger partial charge is 0.291 e. The van der Waals surface area contributed by atoms with Crippen LogP contribution < -0.4 is 10.6 Å². The molecule has 0 bridgehead atoms. The van der Waals surface area contributed by atoms with Crippen LogP contribution in [0.25, 0.3) is 0 Å². The lowest BCUT2D eigenvalue weighted by Crippen LogP contribution is -2.35. The highest BCUT2D eigenvalue weighted by atomic mass is 79.9. The number of hydrogen-bond donors (Lipinski definition) is 2. The van der Waals surface area contributed by atoms with Crippen molar-refractivity contribution in [2.75, 3.05) is 26.0 Å². The summed E-state index contributed by atoms with van der Waals surface area (Å²) in [6, 6.07) is 14.1. The molecule has 0 saturated heterocycles. The molecule has 152 valence electrons. The van der Waals surface area contributed by atoms with Crippen LogP contribution in [0.4, 0.5) is 5.69 Å². The molecule has 2 N–H and O–H groups in total. The number of hydrogen-bond acceptors (Lipinski definition) is 5. The van der Waals surface area contributed by atoms with Crippen molar-refractivity contribution < 1.29 is 18.4 Å². The SMILES string of the molecule is CN(C)C(CNC(=O)Cc1ccc(NC(=O)c2ccc(Br)o2)cc1)c1ccco1. The Morgan fingerprint density at radius 1 is 1.10 bits per heavy atom. The number of nitrogens with zero attached hydrogens (tertiary/aromatic N) is 1. The van der Waals surface area contributed by atoms with Crippen molar-refractivity contribution in [2.24, 2.45) is 0 Å². The van der Waals surface area contributed by atoms with Crippen LogP contribution in [-0.4, -0.2) is 37.4 Å². The van der Waals surface area contributed by atoms with Crippen molar-refractivity contribution in [1.29, 1.82) is 0 Å². The maximum absolute atomic E-state index is 12.3. The standard InChI is InChI=1S/C21H22BrN3O4/c1-25(2)16(17-4-3-11-28-17)13-23-20(26)12-14-5-7-15(8-6-14)24-21(27)18-9-10-19(22)29-18/h3-11,16H,12-13H2,1-2H3,(H,23,26)(H,24,27). The molecule has 0 saturated carbocycles. The van der Waals surface area contributed by atoms with Crippen molar-refractivity contribution in [1.82, 2.24) is 10.2 Å². The van der Waals surface area contributed by atoms with E-state index >= 15 is 0 Å². The summed E-state index contributed by atoms with van der Waals surface area (Å²) in [5.74, 6) is 0.598. The second-order valence-corrected chi connectivity index (χ2v) is 7.51. The molecule has 2 heterocycles. The number of likely N-dealkylation sites (N-methyl/N-ethyl adjacent to an activating group) is 1. The molecule has 0 aliphatic carbocycles. The van der Waals surface area contributed by atoms with E-state index < -0.39 is 0 Å². The summed E-state index contributed by atoms with van der Waals surface area (Å²) >= 11 is 3.17. The number of halogens is 1. The van der Waals surface area contributed by atoms with Crippen LogP contribution in [0.5, 0.6) is 0 Å². The van der Waals surface area contributed by atoms with Gasteiger partial charge in [-0.25, -0.2) is 0 Å². The van der Waals surface area contributed by atoms with E-state index in [1.165, 1.54) is 0 Å². The number of nitrogens with one attached hydrogen (secondary N) is 2. The van der Waals surface area contributed by atoms with Crippen molar-refractivity contribution in [3.63, 3.8) is 0 Å². The number of rotatable bonds is 8. The molecule has 1 unspecified atom stereocenters. The summed E-state index contributed by atoms with van der Waals surface area (Å²) in [5, 5.41) is 5.69. The number of carbonyl (C=O) groups is 2. The maximum Gasteiger partial charge on any atom is 0.291 e. The number of carbonyl (C=O) groups excluding carboxylic acids is 2. The van der Waals surface area contributed by atoms with Gasteiger partial charge < -0.3 is 19.5 Å². The Morgan fingerprint density at radius 3 is 2.45 bits per heavy atom. The molecule has 0 fully saturated rings. The lowest BCUT2D eigenvalue weighted by Gasteiger charge is -2.22. The molecule has 8 heteroatoms. The van der Waals surface area contributed by atoms with Crippen LogP contribution >= 0.6 is 15.9 Å². The summed E-state index contributed by atoms with van der Waals surface area (Å²) in [4.78, 5) is 26.4. The number of benzene rings is 1. The largest absolute Gasteiger partial charge is 0.468 e. The topological polar surface area (TPSA) is 87.7 Å². The molecule has 2 aromatic heterocycles. The second-order valence-electron chi connectivity index (χ2n) is 6.73. The van der Waals surface area contributed by atoms with Crippen molar-refractivity contribution >= 4 is 33.4 Å². The fourth-order valence-corrected chi connectivity index (χ4v) is 3.12. The first-order valence-electron chi connectivity index (χ1n) is 9.04. The van der Waals surface area contributed by atoms with E-state index in [0.717, 1.165) is 11.3 Å². The van der Waals surface area contributed by atoms with Gasteiger partial charge >= 0.3 is 0 Å². The van der Waals surface area contributed by atoms with E-state index in [0.29, 0.717) is 16.9 Å². The molecule has 0 aliphatic rings. The Kier molecular flexibility index (Phi) is 6.90.